The maximum atomic E-state index is 12.0. The van der Waals surface area contributed by atoms with Crippen LogP contribution in [-0.4, -0.2) is 22.0 Å². The fraction of sp³-hybridized carbons (Fsp3) is 0.0714. The fourth-order valence-electron chi connectivity index (χ4n) is 1.69. The molecule has 0 saturated heterocycles. The molecule has 102 valence electrons. The van der Waals surface area contributed by atoms with Gasteiger partial charge in [0.1, 0.15) is 5.15 Å². The highest BCUT2D eigenvalue weighted by atomic mass is 35.5. The van der Waals surface area contributed by atoms with Crippen molar-refractivity contribution in [3.63, 3.8) is 0 Å². The summed E-state index contributed by atoms with van der Waals surface area (Å²) in [6, 6.07) is 10.2. The third kappa shape index (κ3) is 3.33. The topological polar surface area (TPSA) is 79.3 Å². The summed E-state index contributed by atoms with van der Waals surface area (Å²) < 4.78 is 0. The number of benzene rings is 1. The van der Waals surface area contributed by atoms with E-state index in [2.05, 4.69) is 10.3 Å². The second-order valence-corrected chi connectivity index (χ2v) is 4.41. The van der Waals surface area contributed by atoms with Crippen LogP contribution in [0.1, 0.15) is 22.0 Å². The minimum Gasteiger partial charge on any atom is -0.479 e. The first kappa shape index (κ1) is 14.0. The fourth-order valence-corrected chi connectivity index (χ4v) is 1.87. The van der Waals surface area contributed by atoms with Crippen LogP contribution < -0.4 is 5.32 Å². The van der Waals surface area contributed by atoms with Gasteiger partial charge in [-0.15, -0.1) is 0 Å². The molecule has 0 unspecified atom stereocenters. The van der Waals surface area contributed by atoms with Crippen LogP contribution in [0.15, 0.2) is 48.7 Å². The number of amides is 1. The van der Waals surface area contributed by atoms with Gasteiger partial charge in [-0.3, -0.25) is 4.79 Å². The molecule has 0 aliphatic carbocycles. The van der Waals surface area contributed by atoms with Crippen LogP contribution in [0, 0.1) is 0 Å². The first-order chi connectivity index (χ1) is 9.58. The molecule has 1 atom stereocenters. The predicted octanol–water partition coefficient (Wildman–Crippen LogP) is 2.29. The lowest BCUT2D eigenvalue weighted by Gasteiger charge is -2.14. The average Bonchev–Trinajstić information content (AvgIpc) is 2.45. The van der Waals surface area contributed by atoms with Gasteiger partial charge in [-0.05, 0) is 17.7 Å². The molecule has 5 nitrogen and oxygen atoms in total. The van der Waals surface area contributed by atoms with Crippen LogP contribution in [0.25, 0.3) is 0 Å². The zero-order valence-electron chi connectivity index (χ0n) is 10.3. The van der Waals surface area contributed by atoms with E-state index < -0.39 is 17.9 Å². The second-order valence-electron chi connectivity index (χ2n) is 4.02. The van der Waals surface area contributed by atoms with Gasteiger partial charge < -0.3 is 10.4 Å². The van der Waals surface area contributed by atoms with Crippen LogP contribution in [0.2, 0.25) is 5.15 Å². The molecule has 1 aromatic heterocycles. The number of hydrogen-bond donors (Lipinski definition) is 2. The summed E-state index contributed by atoms with van der Waals surface area (Å²) in [7, 11) is 0. The molecular weight excluding hydrogens is 280 g/mol. The molecule has 0 saturated carbocycles. The number of aromatic nitrogens is 1. The van der Waals surface area contributed by atoms with Gasteiger partial charge >= 0.3 is 5.97 Å². The number of carbonyl (C=O) groups excluding carboxylic acids is 1. The van der Waals surface area contributed by atoms with Gasteiger partial charge in [0.25, 0.3) is 5.91 Å². The van der Waals surface area contributed by atoms with E-state index in [-0.39, 0.29) is 10.7 Å². The van der Waals surface area contributed by atoms with E-state index in [4.69, 9.17) is 11.6 Å². The van der Waals surface area contributed by atoms with Crippen molar-refractivity contribution in [1.82, 2.24) is 10.3 Å². The summed E-state index contributed by atoms with van der Waals surface area (Å²) in [5, 5.41) is 11.8. The largest absolute Gasteiger partial charge is 0.479 e. The molecule has 0 radical (unpaired) electrons. The van der Waals surface area contributed by atoms with Crippen molar-refractivity contribution >= 4 is 23.5 Å². The molecule has 20 heavy (non-hydrogen) atoms. The second kappa shape index (κ2) is 6.16. The van der Waals surface area contributed by atoms with Crippen molar-refractivity contribution in [2.24, 2.45) is 0 Å². The molecule has 2 N–H and O–H groups in total. The molecule has 0 fully saturated rings. The Bertz CT molecular complexity index is 631. The highest BCUT2D eigenvalue weighted by Gasteiger charge is 2.22. The number of carboxylic acids is 1. The molecule has 2 rings (SSSR count). The maximum Gasteiger partial charge on any atom is 0.330 e. The summed E-state index contributed by atoms with van der Waals surface area (Å²) in [5.41, 5.74) is 0.751. The van der Waals surface area contributed by atoms with Crippen LogP contribution in [0.4, 0.5) is 0 Å². The first-order valence-electron chi connectivity index (χ1n) is 5.78. The van der Waals surface area contributed by atoms with E-state index >= 15 is 0 Å². The third-order valence-corrected chi connectivity index (χ3v) is 2.85. The summed E-state index contributed by atoms with van der Waals surface area (Å²) in [5.74, 6) is -1.66. The van der Waals surface area contributed by atoms with Gasteiger partial charge in [0, 0.05) is 11.8 Å². The monoisotopic (exact) mass is 290 g/mol. The van der Waals surface area contributed by atoms with Crippen molar-refractivity contribution in [2.45, 2.75) is 6.04 Å². The molecule has 0 spiro atoms. The normalized spacial score (nSPS) is 11.7. The van der Waals surface area contributed by atoms with Crippen molar-refractivity contribution < 1.29 is 14.7 Å². The van der Waals surface area contributed by atoms with Gasteiger partial charge in [0.05, 0.1) is 0 Å². The number of nitrogens with zero attached hydrogens (tertiary/aromatic N) is 1. The Morgan fingerprint density at radius 1 is 1.20 bits per heavy atom. The standard InChI is InChI=1S/C14H11ClN2O3/c15-11-8-10(6-7-16-11)13(18)17-12(14(19)20)9-4-2-1-3-5-9/h1-8,12H,(H,17,18)(H,19,20)/t12-/m1/s1. The van der Waals surface area contributed by atoms with Crippen molar-refractivity contribution in [3.8, 4) is 0 Å². The molecule has 1 amide bonds. The summed E-state index contributed by atoms with van der Waals surface area (Å²) in [4.78, 5) is 27.1. The Kier molecular flexibility index (Phi) is 4.32. The summed E-state index contributed by atoms with van der Waals surface area (Å²) in [6.45, 7) is 0. The minimum atomic E-state index is -1.13. The zero-order valence-corrected chi connectivity index (χ0v) is 11.0. The summed E-state index contributed by atoms with van der Waals surface area (Å²) in [6.07, 6.45) is 1.38. The smallest absolute Gasteiger partial charge is 0.330 e. The number of pyridine rings is 1. The average molecular weight is 291 g/mol. The Balaban J connectivity index is 2.21. The Morgan fingerprint density at radius 2 is 1.90 bits per heavy atom. The van der Waals surface area contributed by atoms with E-state index in [0.717, 1.165) is 0 Å². The van der Waals surface area contributed by atoms with E-state index in [1.54, 1.807) is 30.3 Å². The Labute approximate surface area is 120 Å². The van der Waals surface area contributed by atoms with Gasteiger partial charge in [-0.1, -0.05) is 41.9 Å². The minimum absolute atomic E-state index is 0.171. The lowest BCUT2D eigenvalue weighted by Crippen LogP contribution is -2.33. The van der Waals surface area contributed by atoms with Crippen molar-refractivity contribution in [2.75, 3.05) is 0 Å². The quantitative estimate of drug-likeness (QED) is 0.847. The molecule has 1 aromatic carbocycles. The van der Waals surface area contributed by atoms with Gasteiger partial charge in [0.2, 0.25) is 0 Å². The lowest BCUT2D eigenvalue weighted by molar-refractivity contribution is -0.139. The molecule has 1 heterocycles. The van der Waals surface area contributed by atoms with Crippen molar-refractivity contribution in [1.29, 1.82) is 0 Å². The van der Waals surface area contributed by atoms with Gasteiger partial charge in [-0.25, -0.2) is 9.78 Å². The highest BCUT2D eigenvalue weighted by Crippen LogP contribution is 2.14. The van der Waals surface area contributed by atoms with Crippen molar-refractivity contribution in [3.05, 3.63) is 64.9 Å². The highest BCUT2D eigenvalue weighted by molar-refractivity contribution is 6.29. The number of carbonyl (C=O) groups is 2. The Morgan fingerprint density at radius 3 is 2.50 bits per heavy atom. The van der Waals surface area contributed by atoms with Crippen LogP contribution in [0.3, 0.4) is 0 Å². The zero-order chi connectivity index (χ0) is 14.5. The number of hydrogen-bond acceptors (Lipinski definition) is 3. The molecule has 0 aliphatic rings. The van der Waals surface area contributed by atoms with E-state index in [1.165, 1.54) is 18.3 Å². The molecule has 0 bridgehead atoms. The number of carboxylic acid groups (broad SMARTS) is 1. The van der Waals surface area contributed by atoms with E-state index in [1.807, 2.05) is 0 Å². The maximum absolute atomic E-state index is 12.0. The lowest BCUT2D eigenvalue weighted by atomic mass is 10.1. The van der Waals surface area contributed by atoms with Crippen LogP contribution in [0.5, 0.6) is 0 Å². The van der Waals surface area contributed by atoms with Gasteiger partial charge in [0.15, 0.2) is 6.04 Å². The SMILES string of the molecule is O=C(N[C@@H](C(=O)O)c1ccccc1)c1ccnc(Cl)c1. The van der Waals surface area contributed by atoms with E-state index in [9.17, 15) is 14.7 Å². The van der Waals surface area contributed by atoms with Gasteiger partial charge in [-0.2, -0.15) is 0 Å². The molecular formula is C14H11ClN2O3. The summed E-state index contributed by atoms with van der Waals surface area (Å²) >= 11 is 5.70. The predicted molar refractivity (Wildman–Crippen MR) is 73.5 cm³/mol. The number of nitrogens with one attached hydrogen (secondary N) is 1. The number of rotatable bonds is 4. The third-order valence-electron chi connectivity index (χ3n) is 2.64. The molecule has 0 aliphatic heterocycles. The number of aliphatic carboxylic acids is 1. The van der Waals surface area contributed by atoms with Crippen LogP contribution in [-0.2, 0) is 4.79 Å². The first-order valence-corrected chi connectivity index (χ1v) is 6.16. The number of halogens is 1. The van der Waals surface area contributed by atoms with Crippen LogP contribution >= 0.6 is 11.6 Å². The van der Waals surface area contributed by atoms with E-state index in [0.29, 0.717) is 5.56 Å². The Hall–Kier alpha value is -2.40. The molecule has 6 heteroatoms. The molecule has 2 aromatic rings.